The summed E-state index contributed by atoms with van der Waals surface area (Å²) in [7, 11) is 1.29. The van der Waals surface area contributed by atoms with Gasteiger partial charge in [-0.2, -0.15) is 0 Å². The van der Waals surface area contributed by atoms with Crippen molar-refractivity contribution in [3.05, 3.63) is 35.4 Å². The molecule has 0 spiro atoms. The minimum atomic E-state index is -0.484. The molecule has 0 aliphatic carbocycles. The lowest BCUT2D eigenvalue weighted by atomic mass is 10.1. The molecular formula is C15H20O5. The van der Waals surface area contributed by atoms with Crippen molar-refractivity contribution in [3.63, 3.8) is 0 Å². The zero-order valence-corrected chi connectivity index (χ0v) is 11.9. The molecule has 0 radical (unpaired) electrons. The van der Waals surface area contributed by atoms with Gasteiger partial charge in [0.1, 0.15) is 6.61 Å². The fraction of sp³-hybridized carbons (Fsp3) is 0.467. The second kappa shape index (κ2) is 9.09. The molecule has 1 rings (SSSR count). The van der Waals surface area contributed by atoms with Crippen LogP contribution in [0, 0.1) is 0 Å². The third-order valence-electron chi connectivity index (χ3n) is 2.62. The van der Waals surface area contributed by atoms with Gasteiger partial charge in [0, 0.05) is 6.61 Å². The van der Waals surface area contributed by atoms with Crippen LogP contribution in [0.3, 0.4) is 0 Å². The average molecular weight is 280 g/mol. The molecule has 0 saturated heterocycles. The van der Waals surface area contributed by atoms with Crippen LogP contribution < -0.4 is 0 Å². The highest BCUT2D eigenvalue weighted by molar-refractivity contribution is 5.95. The van der Waals surface area contributed by atoms with Gasteiger partial charge in [0.15, 0.2) is 0 Å². The molecule has 5 heteroatoms. The third kappa shape index (κ3) is 5.40. The van der Waals surface area contributed by atoms with Crippen molar-refractivity contribution in [2.45, 2.75) is 19.8 Å². The lowest BCUT2D eigenvalue weighted by molar-refractivity contribution is 0.0314. The summed E-state index contributed by atoms with van der Waals surface area (Å²) in [4.78, 5) is 23.1. The summed E-state index contributed by atoms with van der Waals surface area (Å²) in [6, 6.07) is 6.23. The van der Waals surface area contributed by atoms with Crippen LogP contribution in [-0.2, 0) is 14.2 Å². The summed E-state index contributed by atoms with van der Waals surface area (Å²) in [5.74, 6) is -0.961. The number of benzene rings is 1. The molecule has 0 amide bonds. The van der Waals surface area contributed by atoms with E-state index in [2.05, 4.69) is 11.7 Å². The van der Waals surface area contributed by atoms with E-state index in [1.165, 1.54) is 13.2 Å². The van der Waals surface area contributed by atoms with Gasteiger partial charge in [-0.1, -0.05) is 19.4 Å². The van der Waals surface area contributed by atoms with Crippen molar-refractivity contribution in [2.24, 2.45) is 0 Å². The summed E-state index contributed by atoms with van der Waals surface area (Å²) in [5.41, 5.74) is 0.641. The van der Waals surface area contributed by atoms with Gasteiger partial charge in [0.25, 0.3) is 0 Å². The van der Waals surface area contributed by atoms with Crippen molar-refractivity contribution in [1.29, 1.82) is 0 Å². The number of hydrogen-bond acceptors (Lipinski definition) is 5. The molecular weight excluding hydrogens is 260 g/mol. The molecule has 1 aromatic carbocycles. The average Bonchev–Trinajstić information content (AvgIpc) is 2.49. The number of rotatable bonds is 8. The van der Waals surface area contributed by atoms with Crippen molar-refractivity contribution >= 4 is 11.9 Å². The number of carbonyl (C=O) groups excluding carboxylic acids is 2. The topological polar surface area (TPSA) is 61.8 Å². The summed E-state index contributed by atoms with van der Waals surface area (Å²) < 4.78 is 14.9. The first kappa shape index (κ1) is 16.2. The second-order valence-electron chi connectivity index (χ2n) is 4.17. The normalized spacial score (nSPS) is 10.1. The van der Waals surface area contributed by atoms with Crippen LogP contribution in [0.1, 0.15) is 40.5 Å². The summed E-state index contributed by atoms with van der Waals surface area (Å²) in [6.07, 6.45) is 2.06. The van der Waals surface area contributed by atoms with Gasteiger partial charge < -0.3 is 14.2 Å². The maximum Gasteiger partial charge on any atom is 0.338 e. The molecule has 0 aromatic heterocycles. The number of carbonyl (C=O) groups is 2. The number of ether oxygens (including phenoxy) is 3. The van der Waals surface area contributed by atoms with Gasteiger partial charge in [-0.05, 0) is 24.6 Å². The van der Waals surface area contributed by atoms with Crippen LogP contribution in [0.2, 0.25) is 0 Å². The van der Waals surface area contributed by atoms with E-state index in [0.717, 1.165) is 12.8 Å². The number of hydrogen-bond donors (Lipinski definition) is 0. The minimum absolute atomic E-state index is 0.199. The Morgan fingerprint density at radius 2 is 1.75 bits per heavy atom. The predicted molar refractivity (Wildman–Crippen MR) is 73.8 cm³/mol. The smallest absolute Gasteiger partial charge is 0.338 e. The zero-order chi connectivity index (χ0) is 14.8. The SMILES string of the molecule is CCCCOCCOC(=O)c1cccc(C(=O)OC)c1. The Morgan fingerprint density at radius 3 is 2.40 bits per heavy atom. The van der Waals surface area contributed by atoms with E-state index < -0.39 is 11.9 Å². The summed E-state index contributed by atoms with van der Waals surface area (Å²) in [5, 5.41) is 0. The van der Waals surface area contributed by atoms with Crippen LogP contribution in [0.25, 0.3) is 0 Å². The molecule has 0 aliphatic rings. The summed E-state index contributed by atoms with van der Waals surface area (Å²) >= 11 is 0. The molecule has 0 bridgehead atoms. The molecule has 0 aliphatic heterocycles. The Bertz CT molecular complexity index is 442. The molecule has 0 unspecified atom stereocenters. The van der Waals surface area contributed by atoms with E-state index in [1.807, 2.05) is 0 Å². The number of esters is 2. The highest BCUT2D eigenvalue weighted by Gasteiger charge is 2.11. The zero-order valence-electron chi connectivity index (χ0n) is 11.9. The van der Waals surface area contributed by atoms with E-state index >= 15 is 0 Å². The molecule has 0 heterocycles. The molecule has 0 atom stereocenters. The van der Waals surface area contributed by atoms with Crippen molar-refractivity contribution in [1.82, 2.24) is 0 Å². The van der Waals surface area contributed by atoms with Gasteiger partial charge in [-0.15, -0.1) is 0 Å². The first-order valence-corrected chi connectivity index (χ1v) is 6.62. The van der Waals surface area contributed by atoms with Gasteiger partial charge in [-0.3, -0.25) is 0 Å². The van der Waals surface area contributed by atoms with E-state index in [1.54, 1.807) is 18.2 Å². The monoisotopic (exact) mass is 280 g/mol. The number of unbranched alkanes of at least 4 members (excludes halogenated alkanes) is 1. The molecule has 0 N–H and O–H groups in total. The first-order chi connectivity index (χ1) is 9.69. The van der Waals surface area contributed by atoms with E-state index in [9.17, 15) is 9.59 Å². The molecule has 0 fully saturated rings. The van der Waals surface area contributed by atoms with Crippen molar-refractivity contribution < 1.29 is 23.8 Å². The van der Waals surface area contributed by atoms with E-state index in [-0.39, 0.29) is 6.61 Å². The fourth-order valence-corrected chi connectivity index (χ4v) is 1.52. The third-order valence-corrected chi connectivity index (χ3v) is 2.62. The molecule has 1 aromatic rings. The standard InChI is InChI=1S/C15H20O5/c1-3-4-8-19-9-10-20-15(17)13-7-5-6-12(11-13)14(16)18-2/h5-7,11H,3-4,8-10H2,1-2H3. The van der Waals surface area contributed by atoms with Crippen molar-refractivity contribution in [3.8, 4) is 0 Å². The Kier molecular flexibility index (Phi) is 7.35. The minimum Gasteiger partial charge on any atom is -0.465 e. The second-order valence-corrected chi connectivity index (χ2v) is 4.17. The lowest BCUT2D eigenvalue weighted by Gasteiger charge is -2.06. The number of methoxy groups -OCH3 is 1. The maximum absolute atomic E-state index is 11.8. The summed E-state index contributed by atoms with van der Waals surface area (Å²) in [6.45, 7) is 3.33. The highest BCUT2D eigenvalue weighted by atomic mass is 16.6. The van der Waals surface area contributed by atoms with Crippen LogP contribution in [-0.4, -0.2) is 38.9 Å². The molecule has 5 nitrogen and oxygen atoms in total. The Hall–Kier alpha value is -1.88. The maximum atomic E-state index is 11.8. The first-order valence-electron chi connectivity index (χ1n) is 6.62. The molecule has 0 saturated carbocycles. The fourth-order valence-electron chi connectivity index (χ4n) is 1.52. The Labute approximate surface area is 118 Å². The highest BCUT2D eigenvalue weighted by Crippen LogP contribution is 2.08. The van der Waals surface area contributed by atoms with Gasteiger partial charge in [0.05, 0.1) is 24.8 Å². The Morgan fingerprint density at radius 1 is 1.05 bits per heavy atom. The lowest BCUT2D eigenvalue weighted by Crippen LogP contribution is -2.12. The van der Waals surface area contributed by atoms with Crippen LogP contribution >= 0.6 is 0 Å². The van der Waals surface area contributed by atoms with Gasteiger partial charge in [-0.25, -0.2) is 9.59 Å². The largest absolute Gasteiger partial charge is 0.465 e. The van der Waals surface area contributed by atoms with Crippen LogP contribution in [0.4, 0.5) is 0 Å². The van der Waals surface area contributed by atoms with Gasteiger partial charge in [0.2, 0.25) is 0 Å². The molecule has 110 valence electrons. The predicted octanol–water partition coefficient (Wildman–Crippen LogP) is 2.45. The van der Waals surface area contributed by atoms with E-state index in [4.69, 9.17) is 9.47 Å². The van der Waals surface area contributed by atoms with Crippen LogP contribution in [0.5, 0.6) is 0 Å². The molecule has 20 heavy (non-hydrogen) atoms. The quantitative estimate of drug-likeness (QED) is 0.540. The van der Waals surface area contributed by atoms with Crippen LogP contribution in [0.15, 0.2) is 24.3 Å². The van der Waals surface area contributed by atoms with Gasteiger partial charge >= 0.3 is 11.9 Å². The Balaban J connectivity index is 2.41. The van der Waals surface area contributed by atoms with Crippen molar-refractivity contribution in [2.75, 3.05) is 26.9 Å². The van der Waals surface area contributed by atoms with E-state index in [0.29, 0.717) is 24.3 Å².